The van der Waals surface area contributed by atoms with E-state index >= 15 is 0 Å². The van der Waals surface area contributed by atoms with Crippen molar-refractivity contribution >= 4 is 8.58 Å². The summed E-state index contributed by atoms with van der Waals surface area (Å²) in [6.07, 6.45) is 36.7. The van der Waals surface area contributed by atoms with E-state index in [1.165, 1.54) is 129 Å². The van der Waals surface area contributed by atoms with Crippen molar-refractivity contribution < 1.29 is 2.85 Å². The summed E-state index contributed by atoms with van der Waals surface area (Å²) in [4.78, 5) is 5.16. The third-order valence-corrected chi connectivity index (χ3v) is 18.4. The standard InChI is InChI=1S/C31H48.C18H39N2P.C3H8.5C2H6.2H2/c1-21(2)8-6-9-22(3)27-14-15-28-26-13-12-25-20-24(23-10-7-11-23)16-18-30(25,4)29(26)17-19-31(27,28)5;1-7-11-15(3)21-16(8-2)14-20(6)18-13-10-9-12-17(18)19(4)5;1-3-2;5*1-2;;/h7,10-12,21-22,24,26-29H,6,8-9,13-20H2,1-5H3;15-18,21H,7-14H2,1-6H3;3H2,1-2H3;5*1-2H3;2*1H/t22?,24-,26-,27+,28?,29?,30-,31+;;;;;;;;;/m0........./s1. The topological polar surface area (TPSA) is 6.48 Å². The van der Waals surface area contributed by atoms with Crippen LogP contribution in [0, 0.1) is 52.3 Å². The molecule has 0 saturated heterocycles. The molecule has 392 valence electrons. The van der Waals surface area contributed by atoms with Gasteiger partial charge in [0.2, 0.25) is 0 Å². The molecule has 0 aromatic carbocycles. The summed E-state index contributed by atoms with van der Waals surface area (Å²) in [7, 11) is 8.05. The number of fused-ring (bicyclic) bond motifs is 5. The van der Waals surface area contributed by atoms with Gasteiger partial charge in [0.05, 0.1) is 0 Å². The van der Waals surface area contributed by atoms with E-state index < -0.39 is 0 Å². The number of rotatable bonds is 15. The summed E-state index contributed by atoms with van der Waals surface area (Å²) >= 11 is 0. The molecule has 6 aliphatic rings. The average Bonchev–Trinajstić information content (AvgIpc) is 3.67. The van der Waals surface area contributed by atoms with Crippen LogP contribution in [0.2, 0.25) is 0 Å². The Labute approximate surface area is 418 Å². The predicted octanol–water partition coefficient (Wildman–Crippen LogP) is 20.6. The zero-order valence-corrected chi connectivity index (χ0v) is 50.2. The molecule has 0 radical (unpaired) electrons. The van der Waals surface area contributed by atoms with Crippen molar-refractivity contribution in [3.8, 4) is 0 Å². The highest BCUT2D eigenvalue weighted by Gasteiger charge is 2.59. The minimum atomic E-state index is 0. The normalized spacial score (nSPS) is 30.7. The third-order valence-electron chi connectivity index (χ3n) is 16.5. The van der Waals surface area contributed by atoms with E-state index in [0.29, 0.717) is 10.8 Å². The zero-order chi connectivity index (χ0) is 50.3. The van der Waals surface area contributed by atoms with Gasteiger partial charge in [-0.2, -0.15) is 0 Å². The summed E-state index contributed by atoms with van der Waals surface area (Å²) < 4.78 is 0. The molecule has 65 heavy (non-hydrogen) atoms. The number of nitrogens with zero attached hydrogens (tertiary/aromatic N) is 2. The lowest BCUT2D eigenvalue weighted by Crippen LogP contribution is -2.51. The first-order valence-corrected chi connectivity index (χ1v) is 30.6. The van der Waals surface area contributed by atoms with Gasteiger partial charge in [-0.05, 0) is 167 Å². The zero-order valence-electron chi connectivity index (χ0n) is 49.2. The first-order chi connectivity index (χ1) is 31.2. The summed E-state index contributed by atoms with van der Waals surface area (Å²) in [6, 6.07) is 1.53. The molecule has 0 spiro atoms. The lowest BCUT2D eigenvalue weighted by Gasteiger charge is -2.58. The average molecular weight is 934 g/mol. The monoisotopic (exact) mass is 933 g/mol. The van der Waals surface area contributed by atoms with Gasteiger partial charge in [0.15, 0.2) is 0 Å². The van der Waals surface area contributed by atoms with E-state index in [1.807, 2.05) is 74.8 Å². The fourth-order valence-electron chi connectivity index (χ4n) is 13.4. The highest BCUT2D eigenvalue weighted by Crippen LogP contribution is 2.68. The third kappa shape index (κ3) is 20.1. The Morgan fingerprint density at radius 2 is 1.31 bits per heavy atom. The maximum absolute atomic E-state index is 2.77. The first-order valence-electron chi connectivity index (χ1n) is 29.4. The minimum absolute atomic E-state index is 0. The Balaban J connectivity index is -0.000000484. The number of hydrogen-bond acceptors (Lipinski definition) is 2. The molecule has 6 rings (SSSR count). The molecular weight excluding hydrogens is 804 g/mol. The molecule has 0 heterocycles. The van der Waals surface area contributed by atoms with E-state index in [-0.39, 0.29) is 2.85 Å². The molecule has 0 bridgehead atoms. The van der Waals surface area contributed by atoms with Crippen LogP contribution in [0.4, 0.5) is 0 Å². The summed E-state index contributed by atoms with van der Waals surface area (Å²) in [5, 5.41) is 0. The summed E-state index contributed by atoms with van der Waals surface area (Å²) in [6.45, 7) is 45.5. The molecule has 4 fully saturated rings. The molecule has 2 nitrogen and oxygen atoms in total. The van der Waals surface area contributed by atoms with E-state index in [1.54, 1.807) is 5.57 Å². The molecule has 6 aliphatic carbocycles. The van der Waals surface area contributed by atoms with Crippen molar-refractivity contribution in [3.63, 3.8) is 0 Å². The second kappa shape index (κ2) is 37.4. The SMILES string of the molecule is CC.CC.CC.CC.CC.CC(C)CCCC(C)[C@H]1CCC2[C@@H]3CC=C4C[C@@H](C5=CC=C5)CC[C@]4(C)C3CC[C@@]21C.CCC.CCCC(C)PC(CC)CN(C)C1CCCCC1N(C)C.[HH].[HH]. The second-order valence-electron chi connectivity index (χ2n) is 21.2. The van der Waals surface area contributed by atoms with Crippen LogP contribution >= 0.6 is 8.58 Å². The number of likely N-dealkylation sites (N-methyl/N-ethyl adjacent to an activating group) is 2. The highest BCUT2D eigenvalue weighted by atomic mass is 31.1. The smallest absolute Gasteiger partial charge is 0.0248 e. The van der Waals surface area contributed by atoms with Gasteiger partial charge in [0.25, 0.3) is 0 Å². The van der Waals surface area contributed by atoms with Gasteiger partial charge in [-0.25, -0.2) is 0 Å². The van der Waals surface area contributed by atoms with E-state index in [9.17, 15) is 0 Å². The number of hydrogen-bond donors (Lipinski definition) is 0. The first kappa shape index (κ1) is 66.7. The summed E-state index contributed by atoms with van der Waals surface area (Å²) in [5.74, 6) is 6.52. The van der Waals surface area contributed by atoms with Gasteiger partial charge in [-0.3, -0.25) is 0 Å². The van der Waals surface area contributed by atoms with E-state index in [4.69, 9.17) is 0 Å². The van der Waals surface area contributed by atoms with E-state index in [2.05, 4.69) is 124 Å². The lowest BCUT2D eigenvalue weighted by atomic mass is 9.46. The van der Waals surface area contributed by atoms with Crippen LogP contribution in [-0.4, -0.2) is 60.9 Å². The fourth-order valence-corrected chi connectivity index (χ4v) is 15.2. The summed E-state index contributed by atoms with van der Waals surface area (Å²) in [5.41, 5.74) is 6.44. The van der Waals surface area contributed by atoms with Crippen molar-refractivity contribution in [2.45, 2.75) is 284 Å². The van der Waals surface area contributed by atoms with Crippen molar-refractivity contribution in [3.05, 3.63) is 35.5 Å². The van der Waals surface area contributed by atoms with Crippen molar-refractivity contribution in [2.24, 2.45) is 52.3 Å². The maximum atomic E-state index is 2.77. The van der Waals surface area contributed by atoms with Crippen molar-refractivity contribution in [1.82, 2.24) is 9.80 Å². The largest absolute Gasteiger partial charge is 0.305 e. The molecule has 0 aromatic rings. The molecule has 13 atom stereocenters. The number of allylic oxidation sites excluding steroid dienone is 6. The van der Waals surface area contributed by atoms with E-state index in [0.717, 1.165) is 73.4 Å². The van der Waals surface area contributed by atoms with Crippen LogP contribution in [0.5, 0.6) is 0 Å². The lowest BCUT2D eigenvalue weighted by molar-refractivity contribution is -0.0518. The highest BCUT2D eigenvalue weighted by molar-refractivity contribution is 7.39. The Bertz CT molecular complexity index is 1230. The molecule has 8 unspecified atom stereocenters. The van der Waals surface area contributed by atoms with Gasteiger partial charge >= 0.3 is 0 Å². The Hall–Kier alpha value is -0.430. The van der Waals surface area contributed by atoms with Crippen LogP contribution in [0.25, 0.3) is 0 Å². The molecular formula is C62H129N2P. The molecule has 0 N–H and O–H groups in total. The predicted molar refractivity (Wildman–Crippen MR) is 310 cm³/mol. The molecule has 3 heteroatoms. The Kier molecular flexibility index (Phi) is 38.4. The van der Waals surface area contributed by atoms with Gasteiger partial charge in [0, 0.05) is 21.5 Å². The minimum Gasteiger partial charge on any atom is -0.305 e. The maximum Gasteiger partial charge on any atom is 0.0248 e. The quantitative estimate of drug-likeness (QED) is 0.119. The Morgan fingerprint density at radius 3 is 1.82 bits per heavy atom. The van der Waals surface area contributed by atoms with Gasteiger partial charge in [0.1, 0.15) is 0 Å². The van der Waals surface area contributed by atoms with Crippen molar-refractivity contribution in [1.29, 1.82) is 0 Å². The van der Waals surface area contributed by atoms with Crippen molar-refractivity contribution in [2.75, 3.05) is 27.7 Å². The second-order valence-corrected chi connectivity index (χ2v) is 23.4. The Morgan fingerprint density at radius 1 is 0.723 bits per heavy atom. The van der Waals surface area contributed by atoms with Crippen LogP contribution in [-0.2, 0) is 0 Å². The van der Waals surface area contributed by atoms with Crippen LogP contribution in [0.3, 0.4) is 0 Å². The fraction of sp³-hybridized carbons (Fsp3) is 0.903. The molecule has 0 amide bonds. The molecule has 4 saturated carbocycles. The van der Waals surface area contributed by atoms with Gasteiger partial charge in [-0.1, -0.05) is 213 Å². The van der Waals surface area contributed by atoms with Gasteiger partial charge in [-0.15, -0.1) is 8.58 Å². The van der Waals surface area contributed by atoms with Crippen LogP contribution < -0.4 is 0 Å². The van der Waals surface area contributed by atoms with Gasteiger partial charge < -0.3 is 9.80 Å². The van der Waals surface area contributed by atoms with Crippen LogP contribution in [0.15, 0.2) is 35.5 Å². The van der Waals surface area contributed by atoms with Crippen LogP contribution in [0.1, 0.15) is 263 Å². The molecule has 0 aromatic heterocycles. The molecule has 0 aliphatic heterocycles.